The first-order valence-corrected chi connectivity index (χ1v) is 5.89. The molecule has 0 atom stereocenters. The third-order valence-electron chi connectivity index (χ3n) is 2.38. The number of carbonyl (C=O) groups is 1. The average molecular weight is 246 g/mol. The van der Waals surface area contributed by atoms with Crippen LogP contribution in [-0.4, -0.2) is 17.7 Å². The van der Waals surface area contributed by atoms with Gasteiger partial charge >= 0.3 is 5.97 Å². The van der Waals surface area contributed by atoms with Gasteiger partial charge in [0.15, 0.2) is 0 Å². The van der Waals surface area contributed by atoms with E-state index in [1.165, 1.54) is 6.08 Å². The third-order valence-corrected chi connectivity index (χ3v) is 2.38. The number of hydrogen-bond donors (Lipinski definition) is 1. The van der Waals surface area contributed by atoms with Crippen LogP contribution in [0.4, 0.5) is 0 Å². The summed E-state index contributed by atoms with van der Waals surface area (Å²) in [5, 5.41) is 9.18. The smallest absolute Gasteiger partial charge is 0.330 e. The molecule has 1 aromatic carbocycles. The number of aliphatic hydroxyl groups is 1. The Kier molecular flexibility index (Phi) is 5.88. The second kappa shape index (κ2) is 7.45. The fourth-order valence-electron chi connectivity index (χ4n) is 1.48. The summed E-state index contributed by atoms with van der Waals surface area (Å²) in [6.07, 6.45) is 5.14. The molecular formula is C15H18O3. The number of allylic oxidation sites excluding steroid dienone is 2. The van der Waals surface area contributed by atoms with Crippen molar-refractivity contribution in [2.45, 2.75) is 20.5 Å². The normalized spacial score (nSPS) is 11.8. The molecule has 0 unspecified atom stereocenters. The first kappa shape index (κ1) is 14.2. The van der Waals surface area contributed by atoms with Crippen molar-refractivity contribution in [2.24, 2.45) is 0 Å². The van der Waals surface area contributed by atoms with E-state index in [0.717, 1.165) is 16.7 Å². The Morgan fingerprint density at radius 2 is 2.11 bits per heavy atom. The van der Waals surface area contributed by atoms with Crippen LogP contribution in [0.2, 0.25) is 0 Å². The summed E-state index contributed by atoms with van der Waals surface area (Å²) in [7, 11) is 0. The topological polar surface area (TPSA) is 46.5 Å². The second-order valence-corrected chi connectivity index (χ2v) is 3.83. The highest BCUT2D eigenvalue weighted by molar-refractivity contribution is 5.83. The molecule has 0 amide bonds. The van der Waals surface area contributed by atoms with Gasteiger partial charge in [0.25, 0.3) is 0 Å². The van der Waals surface area contributed by atoms with Crippen LogP contribution in [0.5, 0.6) is 0 Å². The predicted octanol–water partition coefficient (Wildman–Crippen LogP) is 2.70. The second-order valence-electron chi connectivity index (χ2n) is 3.83. The molecule has 1 rings (SSSR count). The monoisotopic (exact) mass is 246 g/mol. The van der Waals surface area contributed by atoms with Gasteiger partial charge in [-0.2, -0.15) is 0 Å². The number of hydrogen-bond acceptors (Lipinski definition) is 3. The van der Waals surface area contributed by atoms with Crippen molar-refractivity contribution in [3.05, 3.63) is 53.1 Å². The maximum absolute atomic E-state index is 11.2. The number of rotatable bonds is 5. The van der Waals surface area contributed by atoms with Crippen LogP contribution in [0.1, 0.15) is 25.0 Å². The van der Waals surface area contributed by atoms with Crippen LogP contribution in [-0.2, 0) is 16.1 Å². The molecule has 0 radical (unpaired) electrons. The number of carbonyl (C=O) groups excluding carboxylic acids is 1. The lowest BCUT2D eigenvalue weighted by atomic mass is 10.1. The van der Waals surface area contributed by atoms with Gasteiger partial charge in [0, 0.05) is 6.08 Å². The number of ether oxygens (including phenoxy) is 1. The minimum absolute atomic E-state index is 0.00114. The van der Waals surface area contributed by atoms with Crippen LogP contribution in [0.15, 0.2) is 42.0 Å². The van der Waals surface area contributed by atoms with Crippen LogP contribution >= 0.6 is 0 Å². The van der Waals surface area contributed by atoms with Crippen LogP contribution in [0, 0.1) is 0 Å². The highest BCUT2D eigenvalue weighted by Gasteiger charge is 1.97. The van der Waals surface area contributed by atoms with Crippen molar-refractivity contribution in [3.8, 4) is 0 Å². The lowest BCUT2D eigenvalue weighted by Gasteiger charge is -2.01. The third kappa shape index (κ3) is 4.55. The van der Waals surface area contributed by atoms with Gasteiger partial charge in [-0.15, -0.1) is 0 Å². The summed E-state index contributed by atoms with van der Waals surface area (Å²) in [6, 6.07) is 7.57. The van der Waals surface area contributed by atoms with Gasteiger partial charge in [-0.3, -0.25) is 0 Å². The standard InChI is InChI=1S/C15H18O3/c1-3-18-15(17)10-12(2)8-9-13-6-4-5-7-14(13)11-16/h4-10,16H,3,11H2,1-2H3. The molecule has 18 heavy (non-hydrogen) atoms. The van der Waals surface area contributed by atoms with E-state index in [4.69, 9.17) is 4.74 Å². The Balaban J connectivity index is 2.77. The van der Waals surface area contributed by atoms with Crippen LogP contribution in [0.25, 0.3) is 6.08 Å². The first-order valence-electron chi connectivity index (χ1n) is 5.89. The Morgan fingerprint density at radius 3 is 2.78 bits per heavy atom. The predicted molar refractivity (Wildman–Crippen MR) is 71.8 cm³/mol. The summed E-state index contributed by atoms with van der Waals surface area (Å²) < 4.78 is 4.82. The largest absolute Gasteiger partial charge is 0.463 e. The lowest BCUT2D eigenvalue weighted by molar-refractivity contribution is -0.137. The van der Waals surface area contributed by atoms with Crippen LogP contribution in [0.3, 0.4) is 0 Å². The molecule has 0 bridgehead atoms. The zero-order chi connectivity index (χ0) is 13.4. The molecule has 0 aliphatic carbocycles. The molecule has 0 aliphatic rings. The van der Waals surface area contributed by atoms with Crippen molar-refractivity contribution in [2.75, 3.05) is 6.61 Å². The van der Waals surface area contributed by atoms with Gasteiger partial charge in [0.2, 0.25) is 0 Å². The average Bonchev–Trinajstić information content (AvgIpc) is 2.37. The van der Waals surface area contributed by atoms with Gasteiger partial charge in [-0.05, 0) is 30.5 Å². The fourth-order valence-corrected chi connectivity index (χ4v) is 1.48. The molecule has 0 saturated carbocycles. The van der Waals surface area contributed by atoms with E-state index in [0.29, 0.717) is 6.61 Å². The summed E-state index contributed by atoms with van der Waals surface area (Å²) in [5.41, 5.74) is 2.61. The number of esters is 1. The van der Waals surface area contributed by atoms with E-state index in [2.05, 4.69) is 0 Å². The molecule has 0 saturated heterocycles. The van der Waals surface area contributed by atoms with E-state index < -0.39 is 0 Å². The molecule has 1 N–H and O–H groups in total. The Morgan fingerprint density at radius 1 is 1.39 bits per heavy atom. The Hall–Kier alpha value is -1.87. The van der Waals surface area contributed by atoms with Gasteiger partial charge in [0.05, 0.1) is 13.2 Å². The van der Waals surface area contributed by atoms with Crippen molar-refractivity contribution in [3.63, 3.8) is 0 Å². The molecule has 0 aliphatic heterocycles. The van der Waals surface area contributed by atoms with Crippen molar-refractivity contribution in [1.29, 1.82) is 0 Å². The molecule has 1 aromatic rings. The Labute approximate surface area is 107 Å². The van der Waals surface area contributed by atoms with E-state index in [9.17, 15) is 9.90 Å². The SMILES string of the molecule is CCOC(=O)C=C(C)C=Cc1ccccc1CO. The van der Waals surface area contributed by atoms with E-state index in [-0.39, 0.29) is 12.6 Å². The maximum atomic E-state index is 11.2. The van der Waals surface area contributed by atoms with Gasteiger partial charge in [-0.25, -0.2) is 4.79 Å². The van der Waals surface area contributed by atoms with E-state index >= 15 is 0 Å². The number of benzene rings is 1. The van der Waals surface area contributed by atoms with E-state index in [1.54, 1.807) is 6.92 Å². The summed E-state index contributed by atoms with van der Waals surface area (Å²) in [5.74, 6) is -0.338. The highest BCUT2D eigenvalue weighted by Crippen LogP contribution is 2.12. The van der Waals surface area contributed by atoms with Gasteiger partial charge < -0.3 is 9.84 Å². The molecule has 0 aromatic heterocycles. The van der Waals surface area contributed by atoms with Gasteiger partial charge in [-0.1, -0.05) is 36.4 Å². The molecule has 0 fully saturated rings. The van der Waals surface area contributed by atoms with Crippen LogP contribution < -0.4 is 0 Å². The van der Waals surface area contributed by atoms with Gasteiger partial charge in [0.1, 0.15) is 0 Å². The first-order chi connectivity index (χ1) is 8.67. The fraction of sp³-hybridized carbons (Fsp3) is 0.267. The molecule has 0 spiro atoms. The van der Waals surface area contributed by atoms with E-state index in [1.807, 2.05) is 43.3 Å². The lowest BCUT2D eigenvalue weighted by Crippen LogP contribution is -1.99. The maximum Gasteiger partial charge on any atom is 0.330 e. The molecule has 3 heteroatoms. The van der Waals surface area contributed by atoms with Crippen molar-refractivity contribution >= 4 is 12.0 Å². The molecule has 0 heterocycles. The zero-order valence-electron chi connectivity index (χ0n) is 10.7. The summed E-state index contributed by atoms with van der Waals surface area (Å²) in [6.45, 7) is 3.98. The zero-order valence-corrected chi connectivity index (χ0v) is 10.7. The number of aliphatic hydroxyl groups excluding tert-OH is 1. The quantitative estimate of drug-likeness (QED) is 0.493. The highest BCUT2D eigenvalue weighted by atomic mass is 16.5. The minimum Gasteiger partial charge on any atom is -0.463 e. The Bertz CT molecular complexity index is 459. The van der Waals surface area contributed by atoms with Crippen molar-refractivity contribution < 1.29 is 14.6 Å². The molecule has 3 nitrogen and oxygen atoms in total. The summed E-state index contributed by atoms with van der Waals surface area (Å²) >= 11 is 0. The minimum atomic E-state index is -0.338. The molecular weight excluding hydrogens is 228 g/mol. The summed E-state index contributed by atoms with van der Waals surface area (Å²) in [4.78, 5) is 11.2. The van der Waals surface area contributed by atoms with Crippen molar-refractivity contribution in [1.82, 2.24) is 0 Å². The molecule has 96 valence electrons.